The van der Waals surface area contributed by atoms with Crippen molar-refractivity contribution < 1.29 is 41.8 Å². The lowest BCUT2D eigenvalue weighted by Gasteiger charge is -2.58. The summed E-state index contributed by atoms with van der Waals surface area (Å²) in [6.07, 6.45) is 7.69. The van der Waals surface area contributed by atoms with Crippen molar-refractivity contribution in [1.29, 1.82) is 0 Å². The van der Waals surface area contributed by atoms with Gasteiger partial charge >= 0.3 is 0 Å². The van der Waals surface area contributed by atoms with Gasteiger partial charge in [-0.25, -0.2) is 13.1 Å². The zero-order chi connectivity index (χ0) is 55.6. The van der Waals surface area contributed by atoms with Gasteiger partial charge in [0.2, 0.25) is 5.88 Å². The van der Waals surface area contributed by atoms with Gasteiger partial charge in [0.1, 0.15) is 29.8 Å². The van der Waals surface area contributed by atoms with Crippen LogP contribution in [0, 0.1) is 21.4 Å². The summed E-state index contributed by atoms with van der Waals surface area (Å²) in [6.45, 7) is 11.5. The number of nitro benzene ring substituents is 1. The number of ether oxygens (including phenoxy) is 5. The Hall–Kier alpha value is -6.68. The number of carbonyl (C=O) groups excluding carboxylic acids is 1. The van der Waals surface area contributed by atoms with Gasteiger partial charge in [0.05, 0.1) is 51.9 Å². The van der Waals surface area contributed by atoms with Crippen LogP contribution in [0.15, 0.2) is 102 Å². The quantitative estimate of drug-likeness (QED) is 0.0727. The number of benzene rings is 4. The van der Waals surface area contributed by atoms with Gasteiger partial charge < -0.3 is 43.8 Å². The van der Waals surface area contributed by atoms with E-state index in [-0.39, 0.29) is 65.8 Å². The Bertz CT molecular complexity index is 3450. The number of carbonyl (C=O) groups is 1. The maximum Gasteiger partial charge on any atom is 0.297 e. The highest BCUT2D eigenvalue weighted by Gasteiger charge is 2.51. The molecule has 1 spiro atoms. The lowest BCUT2D eigenvalue weighted by atomic mass is 9.59. The van der Waals surface area contributed by atoms with Gasteiger partial charge in [-0.05, 0) is 124 Å². The third kappa shape index (κ3) is 10.6. The number of sulfonamides is 1. The van der Waals surface area contributed by atoms with Crippen molar-refractivity contribution in [3.63, 3.8) is 0 Å². The first-order chi connectivity index (χ1) is 39.2. The van der Waals surface area contributed by atoms with Crippen LogP contribution in [0.25, 0.3) is 11.0 Å². The Labute approximate surface area is 476 Å². The molecule has 7 aliphatic rings. The number of piperazine rings is 1. The van der Waals surface area contributed by atoms with Crippen LogP contribution in [0.2, 0.25) is 5.02 Å². The standard InChI is InChI=1S/C60H68ClN9O10S/c1-37(2)79-53-6-4-3-5-45(53)52-34-66(33-38-7-9-41(61)10-8-38)22-23-68(52)43-31-60(32-43)17-20-67(21-18-60)42-11-12-46(49(28-42)69-48-16-26-77-36-55(48)80-59-51(69)27-40-13-19-62-57(40)64-59)58(71)65-81(74,75)44-29-50(70(72)73)56-54(30-44)78-35-47(63-56)39-14-24-76-25-15-39/h3-13,19,27-30,37,39,43,47-48,52,55,63H,14-18,20-26,31-36H2,1-2H3,(H,62,64)(H,65,71)/t47-,48-,52-,55-/m0/s1. The smallest absolute Gasteiger partial charge is 0.297 e. The fraction of sp³-hybridized carbons (Fsp3) is 0.467. The highest BCUT2D eigenvalue weighted by atomic mass is 35.5. The molecule has 1 aliphatic carbocycles. The number of aromatic nitrogens is 2. The molecule has 6 aliphatic heterocycles. The number of amides is 1. The Morgan fingerprint density at radius 1 is 0.926 bits per heavy atom. The highest BCUT2D eigenvalue weighted by molar-refractivity contribution is 7.90. The van der Waals surface area contributed by atoms with Crippen molar-refractivity contribution in [2.75, 3.05) is 80.9 Å². The molecule has 21 heteroatoms. The summed E-state index contributed by atoms with van der Waals surface area (Å²) in [7, 11) is -4.71. The molecule has 4 aromatic carbocycles. The zero-order valence-electron chi connectivity index (χ0n) is 45.6. The van der Waals surface area contributed by atoms with Crippen molar-refractivity contribution in [2.45, 2.75) is 107 Å². The lowest BCUT2D eigenvalue weighted by molar-refractivity contribution is -0.384. The third-order valence-electron chi connectivity index (χ3n) is 17.9. The van der Waals surface area contributed by atoms with Gasteiger partial charge in [-0.3, -0.25) is 24.7 Å². The van der Waals surface area contributed by atoms with Crippen molar-refractivity contribution in [1.82, 2.24) is 24.5 Å². The van der Waals surface area contributed by atoms with E-state index < -0.39 is 37.5 Å². The number of hydrogen-bond acceptors (Lipinski definition) is 16. The lowest BCUT2D eigenvalue weighted by Crippen LogP contribution is -2.59. The van der Waals surface area contributed by atoms with Crippen LogP contribution >= 0.6 is 11.6 Å². The number of pyridine rings is 1. The Morgan fingerprint density at radius 3 is 2.51 bits per heavy atom. The number of nitrogens with zero attached hydrogens (tertiary/aromatic N) is 6. The van der Waals surface area contributed by atoms with E-state index in [1.165, 1.54) is 17.2 Å². The van der Waals surface area contributed by atoms with Crippen LogP contribution in [0.3, 0.4) is 0 Å². The van der Waals surface area contributed by atoms with Crippen LogP contribution in [-0.2, 0) is 26.0 Å². The van der Waals surface area contributed by atoms with Gasteiger partial charge in [-0.2, -0.15) is 4.98 Å². The summed E-state index contributed by atoms with van der Waals surface area (Å²) in [5.74, 6) is 0.586. The molecule has 426 valence electrons. The van der Waals surface area contributed by atoms with E-state index in [9.17, 15) is 23.3 Å². The molecule has 19 nitrogen and oxygen atoms in total. The molecule has 6 aromatic rings. The maximum absolute atomic E-state index is 14.9. The van der Waals surface area contributed by atoms with Crippen LogP contribution in [0.1, 0.15) is 86.3 Å². The molecule has 0 unspecified atom stereocenters. The number of fused-ring (bicyclic) bond motifs is 4. The van der Waals surface area contributed by atoms with E-state index in [1.54, 1.807) is 6.07 Å². The molecule has 5 fully saturated rings. The summed E-state index contributed by atoms with van der Waals surface area (Å²) in [6, 6.07) is 28.5. The number of H-pyrrole nitrogens is 1. The van der Waals surface area contributed by atoms with E-state index in [2.05, 4.69) is 84.9 Å². The Morgan fingerprint density at radius 2 is 1.72 bits per heavy atom. The SMILES string of the molecule is CC(C)Oc1ccccc1[C@@H]1CN(Cc2ccc(Cl)cc2)CCN1C1CC2(CCN(c3ccc(C(=O)NS(=O)(=O)c4cc5c(c([N+](=O)[O-])c4)N[C@H](C4CCOCC4)CO5)c(N4c5cc6cc[nH]c6nc5O[C@H]5COCC[C@@H]54)c3)CC2)C1. The molecule has 2 aromatic heterocycles. The topological polar surface area (TPSA) is 206 Å². The Kier molecular flexibility index (Phi) is 14.5. The molecule has 0 radical (unpaired) electrons. The average molecular weight is 1140 g/mol. The number of aromatic amines is 1. The molecule has 4 atom stereocenters. The normalized spacial score (nSPS) is 23.4. The van der Waals surface area contributed by atoms with E-state index in [0.717, 1.165) is 106 Å². The van der Waals surface area contributed by atoms with Crippen molar-refractivity contribution in [3.8, 4) is 17.4 Å². The fourth-order valence-corrected chi connectivity index (χ4v) is 14.8. The molecule has 81 heavy (non-hydrogen) atoms. The first-order valence-corrected chi connectivity index (χ1v) is 30.4. The number of anilines is 4. The first-order valence-electron chi connectivity index (χ1n) is 28.5. The first kappa shape index (κ1) is 53.6. The number of nitro groups is 1. The molecular weight excluding hydrogens is 1070 g/mol. The van der Waals surface area contributed by atoms with Crippen LogP contribution in [0.5, 0.6) is 17.4 Å². The Balaban J connectivity index is 0.775. The van der Waals surface area contributed by atoms with E-state index in [0.29, 0.717) is 55.2 Å². The predicted octanol–water partition coefficient (Wildman–Crippen LogP) is 9.63. The average Bonchev–Trinajstić information content (AvgIpc) is 4.05. The van der Waals surface area contributed by atoms with E-state index in [4.69, 9.17) is 40.3 Å². The van der Waals surface area contributed by atoms with Crippen molar-refractivity contribution in [2.24, 2.45) is 11.3 Å². The van der Waals surface area contributed by atoms with Gasteiger partial charge in [0.15, 0.2) is 11.4 Å². The van der Waals surface area contributed by atoms with E-state index >= 15 is 0 Å². The van der Waals surface area contributed by atoms with Gasteiger partial charge in [0, 0.05) is 105 Å². The second-order valence-corrected chi connectivity index (χ2v) is 25.4. The summed E-state index contributed by atoms with van der Waals surface area (Å²) in [4.78, 5) is 44.2. The van der Waals surface area contributed by atoms with E-state index in [1.807, 2.05) is 42.6 Å². The number of nitrogens with one attached hydrogen (secondary N) is 3. The number of rotatable bonds is 13. The summed E-state index contributed by atoms with van der Waals surface area (Å²) < 4.78 is 61.8. The minimum Gasteiger partial charge on any atom is -0.491 e. The predicted molar refractivity (Wildman–Crippen MR) is 308 cm³/mol. The fourth-order valence-electron chi connectivity index (χ4n) is 13.7. The number of para-hydroxylation sites is 1. The summed E-state index contributed by atoms with van der Waals surface area (Å²) in [5.41, 5.74) is 5.04. The minimum atomic E-state index is -4.71. The second-order valence-electron chi connectivity index (χ2n) is 23.3. The summed E-state index contributed by atoms with van der Waals surface area (Å²) in [5, 5.41) is 17.5. The maximum atomic E-state index is 14.9. The molecular formula is C60H68ClN9O10S. The molecule has 13 rings (SSSR count). The molecule has 3 N–H and O–H groups in total. The van der Waals surface area contributed by atoms with Crippen LogP contribution in [0.4, 0.5) is 28.4 Å². The summed E-state index contributed by atoms with van der Waals surface area (Å²) >= 11 is 6.27. The minimum absolute atomic E-state index is 0.0244. The second kappa shape index (κ2) is 21.9. The monoisotopic (exact) mass is 1140 g/mol. The van der Waals surface area contributed by atoms with Crippen molar-refractivity contribution >= 4 is 67.0 Å². The number of hydrogen-bond donors (Lipinski definition) is 3. The van der Waals surface area contributed by atoms with Gasteiger partial charge in [-0.1, -0.05) is 41.9 Å². The third-order valence-corrected chi connectivity index (χ3v) is 19.5. The molecule has 8 heterocycles. The largest absolute Gasteiger partial charge is 0.491 e. The number of halogens is 1. The van der Waals surface area contributed by atoms with Gasteiger partial charge in [0.25, 0.3) is 21.6 Å². The molecule has 4 saturated heterocycles. The van der Waals surface area contributed by atoms with Crippen LogP contribution < -0.4 is 34.0 Å². The zero-order valence-corrected chi connectivity index (χ0v) is 47.1. The molecule has 0 bridgehead atoms. The molecule has 1 amide bonds. The highest BCUT2D eigenvalue weighted by Crippen LogP contribution is 2.54. The van der Waals surface area contributed by atoms with Gasteiger partial charge in [-0.15, -0.1) is 0 Å². The molecule has 1 saturated carbocycles. The number of piperidine rings is 1. The van der Waals surface area contributed by atoms with Crippen LogP contribution in [-0.4, -0.2) is 135 Å². The van der Waals surface area contributed by atoms with Crippen molar-refractivity contribution in [3.05, 3.63) is 129 Å².